The number of hydrogen-bond donors (Lipinski definition) is 3. The first-order valence-corrected chi connectivity index (χ1v) is 8.01. The molecular weight excluding hydrogens is 327 g/mol. The van der Waals surface area contributed by atoms with Crippen LogP contribution in [0.3, 0.4) is 0 Å². The molecule has 1 amide bonds. The zero-order chi connectivity index (χ0) is 18.0. The lowest BCUT2D eigenvalue weighted by molar-refractivity contribution is -0.119. The van der Waals surface area contributed by atoms with E-state index in [2.05, 4.69) is 10.3 Å². The maximum atomic E-state index is 14.3. The molecule has 1 aliphatic rings. The molecule has 3 rings (SSSR count). The third-order valence-corrected chi connectivity index (χ3v) is 4.54. The summed E-state index contributed by atoms with van der Waals surface area (Å²) in [4.78, 5) is 27.7. The highest BCUT2D eigenvalue weighted by molar-refractivity contribution is 5.93. The van der Waals surface area contributed by atoms with Crippen molar-refractivity contribution in [1.29, 1.82) is 0 Å². The molecular formula is C17H19FN4O3. The highest BCUT2D eigenvalue weighted by Crippen LogP contribution is 2.32. The summed E-state index contributed by atoms with van der Waals surface area (Å²) in [5, 5.41) is 12.4. The summed E-state index contributed by atoms with van der Waals surface area (Å²) in [6, 6.07) is 4.11. The van der Waals surface area contributed by atoms with Gasteiger partial charge >= 0.3 is 0 Å². The molecule has 7 nitrogen and oxygen atoms in total. The van der Waals surface area contributed by atoms with Gasteiger partial charge in [-0.2, -0.15) is 0 Å². The number of aromatic nitrogens is 2. The average molecular weight is 346 g/mol. The number of halogens is 1. The Morgan fingerprint density at radius 2 is 2.24 bits per heavy atom. The second-order valence-electron chi connectivity index (χ2n) is 6.17. The average Bonchev–Trinajstić information content (AvgIpc) is 2.98. The van der Waals surface area contributed by atoms with Crippen molar-refractivity contribution in [2.24, 2.45) is 17.6 Å². The van der Waals surface area contributed by atoms with Gasteiger partial charge in [0.05, 0.1) is 23.7 Å². The molecule has 132 valence electrons. The quantitative estimate of drug-likeness (QED) is 0.753. The number of aliphatic hydroxyl groups excluding tert-OH is 1. The number of nitrogens with two attached hydrogens (primary N) is 1. The van der Waals surface area contributed by atoms with E-state index in [0.717, 1.165) is 6.20 Å². The van der Waals surface area contributed by atoms with Crippen molar-refractivity contribution < 1.29 is 14.3 Å². The van der Waals surface area contributed by atoms with Gasteiger partial charge in [-0.05, 0) is 37.4 Å². The highest BCUT2D eigenvalue weighted by atomic mass is 19.1. The summed E-state index contributed by atoms with van der Waals surface area (Å²) in [5.74, 6) is -1.50. The molecule has 0 spiro atoms. The minimum absolute atomic E-state index is 0.0292. The molecule has 3 unspecified atom stereocenters. The fourth-order valence-corrected chi connectivity index (χ4v) is 3.12. The number of nitrogens with zero attached hydrogens (tertiary/aromatic N) is 2. The summed E-state index contributed by atoms with van der Waals surface area (Å²) in [6.07, 6.45) is 4.19. The molecule has 0 bridgehead atoms. The van der Waals surface area contributed by atoms with Crippen LogP contribution >= 0.6 is 0 Å². The van der Waals surface area contributed by atoms with Gasteiger partial charge in [0.25, 0.3) is 5.56 Å². The predicted molar refractivity (Wildman–Crippen MR) is 89.7 cm³/mol. The lowest BCUT2D eigenvalue weighted by atomic mass is 10.0. The number of nitrogens with one attached hydrogen (secondary N) is 1. The summed E-state index contributed by atoms with van der Waals surface area (Å²) in [5.41, 5.74) is 5.55. The van der Waals surface area contributed by atoms with Crippen molar-refractivity contribution in [3.8, 4) is 5.69 Å². The van der Waals surface area contributed by atoms with E-state index in [4.69, 9.17) is 5.73 Å². The van der Waals surface area contributed by atoms with Crippen LogP contribution in [-0.2, 0) is 4.79 Å². The second-order valence-corrected chi connectivity index (χ2v) is 6.17. The zero-order valence-corrected chi connectivity index (χ0v) is 13.4. The van der Waals surface area contributed by atoms with E-state index < -0.39 is 17.8 Å². The van der Waals surface area contributed by atoms with Gasteiger partial charge < -0.3 is 16.2 Å². The minimum Gasteiger partial charge on any atom is -0.393 e. The fraction of sp³-hybridized carbons (Fsp3) is 0.353. The van der Waals surface area contributed by atoms with Crippen LogP contribution in [-0.4, -0.2) is 33.2 Å². The fourth-order valence-electron chi connectivity index (χ4n) is 3.12. The number of hydrogen-bond acceptors (Lipinski definition) is 5. The van der Waals surface area contributed by atoms with Crippen LogP contribution in [0.5, 0.6) is 0 Å². The van der Waals surface area contributed by atoms with Crippen LogP contribution in [0, 0.1) is 17.7 Å². The van der Waals surface area contributed by atoms with Crippen molar-refractivity contribution >= 4 is 11.6 Å². The van der Waals surface area contributed by atoms with Crippen LogP contribution in [0.4, 0.5) is 10.1 Å². The van der Waals surface area contributed by atoms with E-state index >= 15 is 0 Å². The largest absolute Gasteiger partial charge is 0.393 e. The number of rotatable bonds is 4. The highest BCUT2D eigenvalue weighted by Gasteiger charge is 2.36. The van der Waals surface area contributed by atoms with Gasteiger partial charge in [0, 0.05) is 24.4 Å². The number of benzene rings is 1. The molecule has 1 aromatic carbocycles. The molecule has 1 aromatic heterocycles. The summed E-state index contributed by atoms with van der Waals surface area (Å²) in [7, 11) is 0. The molecule has 3 atom stereocenters. The number of amides is 1. The van der Waals surface area contributed by atoms with E-state index in [1.165, 1.54) is 35.2 Å². The Labute approximate surface area is 143 Å². The monoisotopic (exact) mass is 346 g/mol. The van der Waals surface area contributed by atoms with Crippen molar-refractivity contribution in [3.63, 3.8) is 0 Å². The van der Waals surface area contributed by atoms with Gasteiger partial charge in [-0.3, -0.25) is 19.1 Å². The summed E-state index contributed by atoms with van der Waals surface area (Å²) < 4.78 is 15.6. The Bertz CT molecular complexity index is 839. The number of carbonyl (C=O) groups is 1. The van der Waals surface area contributed by atoms with Crippen molar-refractivity contribution in [1.82, 2.24) is 9.55 Å². The van der Waals surface area contributed by atoms with Crippen LogP contribution in [0.2, 0.25) is 0 Å². The number of aliphatic hydroxyl groups is 1. The van der Waals surface area contributed by atoms with Gasteiger partial charge in [-0.15, -0.1) is 0 Å². The Kier molecular flexibility index (Phi) is 4.91. The molecule has 8 heteroatoms. The Balaban J connectivity index is 1.75. The molecule has 1 aliphatic carbocycles. The van der Waals surface area contributed by atoms with Crippen molar-refractivity contribution in [2.75, 3.05) is 11.9 Å². The molecule has 0 aliphatic heterocycles. The molecule has 1 fully saturated rings. The first-order valence-electron chi connectivity index (χ1n) is 8.01. The zero-order valence-electron chi connectivity index (χ0n) is 13.4. The first kappa shape index (κ1) is 17.2. The van der Waals surface area contributed by atoms with Gasteiger partial charge in [0.1, 0.15) is 5.82 Å². The molecule has 1 heterocycles. The Morgan fingerprint density at radius 1 is 1.44 bits per heavy atom. The third kappa shape index (κ3) is 3.59. The first-order chi connectivity index (χ1) is 12.0. The van der Waals surface area contributed by atoms with Crippen molar-refractivity contribution in [3.05, 3.63) is 53.0 Å². The van der Waals surface area contributed by atoms with Crippen LogP contribution in [0.25, 0.3) is 5.69 Å². The lowest BCUT2D eigenvalue weighted by Crippen LogP contribution is -2.22. The maximum Gasteiger partial charge on any atom is 0.273 e. The van der Waals surface area contributed by atoms with E-state index in [0.29, 0.717) is 25.1 Å². The van der Waals surface area contributed by atoms with Gasteiger partial charge in [0.2, 0.25) is 5.91 Å². The number of anilines is 1. The van der Waals surface area contributed by atoms with Gasteiger partial charge in [0.15, 0.2) is 0 Å². The van der Waals surface area contributed by atoms with Crippen LogP contribution < -0.4 is 16.6 Å². The lowest BCUT2D eigenvalue weighted by Gasteiger charge is -2.13. The van der Waals surface area contributed by atoms with Crippen LogP contribution in [0.1, 0.15) is 12.8 Å². The third-order valence-electron chi connectivity index (χ3n) is 4.54. The normalized spacial score (nSPS) is 22.8. The summed E-state index contributed by atoms with van der Waals surface area (Å²) in [6.45, 7) is 0.314. The van der Waals surface area contributed by atoms with E-state index in [1.807, 2.05) is 0 Å². The molecule has 0 radical (unpaired) electrons. The SMILES string of the molecule is NCC1CC(C(=O)Nc2ccc(-n3ccncc3=O)cc2F)CC1O. The summed E-state index contributed by atoms with van der Waals surface area (Å²) >= 11 is 0. The minimum atomic E-state index is -0.650. The molecule has 2 aromatic rings. The molecule has 0 saturated heterocycles. The van der Waals surface area contributed by atoms with E-state index in [-0.39, 0.29) is 23.1 Å². The van der Waals surface area contributed by atoms with Crippen LogP contribution in [0.15, 0.2) is 41.6 Å². The molecule has 1 saturated carbocycles. The van der Waals surface area contributed by atoms with E-state index in [1.54, 1.807) is 0 Å². The topological polar surface area (TPSA) is 110 Å². The Hall–Kier alpha value is -2.58. The smallest absolute Gasteiger partial charge is 0.273 e. The predicted octanol–water partition coefficient (Wildman–Crippen LogP) is 0.656. The Morgan fingerprint density at radius 3 is 2.88 bits per heavy atom. The van der Waals surface area contributed by atoms with E-state index in [9.17, 15) is 19.1 Å². The number of carbonyl (C=O) groups excluding carboxylic acids is 1. The molecule has 4 N–H and O–H groups in total. The standard InChI is InChI=1S/C17H19FN4O3/c18-13-7-12(22-4-3-20-9-16(22)24)1-2-14(13)21-17(25)10-5-11(8-19)15(23)6-10/h1-4,7,9-11,15,23H,5-6,8,19H2,(H,21,25). The maximum absolute atomic E-state index is 14.3. The second kappa shape index (κ2) is 7.12. The van der Waals surface area contributed by atoms with Gasteiger partial charge in [-0.25, -0.2) is 4.39 Å². The van der Waals surface area contributed by atoms with Crippen molar-refractivity contribution in [2.45, 2.75) is 18.9 Å². The van der Waals surface area contributed by atoms with Gasteiger partial charge in [-0.1, -0.05) is 0 Å². The molecule has 25 heavy (non-hydrogen) atoms.